The molecule has 0 radical (unpaired) electrons. The molecule has 100 valence electrons. The van der Waals surface area contributed by atoms with Crippen molar-refractivity contribution in [2.45, 2.75) is 38.1 Å². The maximum atomic E-state index is 3.38. The van der Waals surface area contributed by atoms with Gasteiger partial charge in [0.15, 0.2) is 0 Å². The minimum Gasteiger partial charge on any atom is -0.318 e. The molecule has 2 nitrogen and oxygen atoms in total. The van der Waals surface area contributed by atoms with E-state index in [1.54, 1.807) is 0 Å². The molecule has 0 bridgehead atoms. The number of aryl methyl sites for hydroxylation is 2. The van der Waals surface area contributed by atoms with E-state index in [0.717, 1.165) is 6.54 Å². The fourth-order valence-corrected chi connectivity index (χ4v) is 3.16. The Morgan fingerprint density at radius 3 is 2.56 bits per heavy atom. The summed E-state index contributed by atoms with van der Waals surface area (Å²) in [6.07, 6.45) is 5.11. The van der Waals surface area contributed by atoms with Gasteiger partial charge in [0.05, 0.1) is 0 Å². The van der Waals surface area contributed by atoms with Crippen molar-refractivity contribution in [3.05, 3.63) is 35.4 Å². The molecule has 0 aromatic heterocycles. The maximum absolute atomic E-state index is 3.38. The predicted molar refractivity (Wildman–Crippen MR) is 78.0 cm³/mol. The topological polar surface area (TPSA) is 15.3 Å². The van der Waals surface area contributed by atoms with Crippen LogP contribution in [0, 0.1) is 6.92 Å². The van der Waals surface area contributed by atoms with Crippen molar-refractivity contribution in [3.8, 4) is 0 Å². The van der Waals surface area contributed by atoms with Crippen LogP contribution in [0.25, 0.3) is 0 Å². The largest absolute Gasteiger partial charge is 0.318 e. The lowest BCUT2D eigenvalue weighted by Gasteiger charge is -2.36. The molecule has 1 atom stereocenters. The summed E-state index contributed by atoms with van der Waals surface area (Å²) in [7, 11) is 4.35. The Morgan fingerprint density at radius 2 is 2.00 bits per heavy atom. The zero-order chi connectivity index (χ0) is 13.0. The van der Waals surface area contributed by atoms with Crippen LogP contribution in [0.2, 0.25) is 0 Å². The molecule has 1 fully saturated rings. The Kier molecular flexibility index (Phi) is 4.41. The summed E-state index contributed by atoms with van der Waals surface area (Å²) in [6, 6.07) is 8.99. The summed E-state index contributed by atoms with van der Waals surface area (Å²) in [5.74, 6) is 0. The molecule has 0 aliphatic carbocycles. The fraction of sp³-hybridized carbons (Fsp3) is 0.625. The van der Waals surface area contributed by atoms with E-state index >= 15 is 0 Å². The van der Waals surface area contributed by atoms with Crippen molar-refractivity contribution < 1.29 is 0 Å². The zero-order valence-electron chi connectivity index (χ0n) is 12.0. The lowest BCUT2D eigenvalue weighted by Crippen LogP contribution is -2.48. The van der Waals surface area contributed by atoms with Gasteiger partial charge in [0.1, 0.15) is 0 Å². The van der Waals surface area contributed by atoms with Gasteiger partial charge in [-0.3, -0.25) is 4.90 Å². The summed E-state index contributed by atoms with van der Waals surface area (Å²) in [6.45, 7) is 4.50. The average molecular weight is 246 g/mol. The Balaban J connectivity index is 1.99. The van der Waals surface area contributed by atoms with Crippen LogP contribution in [0.4, 0.5) is 0 Å². The molecule has 2 rings (SSSR count). The van der Waals surface area contributed by atoms with E-state index in [1.165, 1.54) is 43.4 Å². The lowest BCUT2D eigenvalue weighted by atomic mass is 9.88. The summed E-state index contributed by atoms with van der Waals surface area (Å²) in [4.78, 5) is 2.55. The molecule has 1 N–H and O–H groups in total. The number of likely N-dealkylation sites (tertiary alicyclic amines) is 1. The van der Waals surface area contributed by atoms with E-state index in [2.05, 4.69) is 55.5 Å². The Morgan fingerprint density at radius 1 is 1.28 bits per heavy atom. The third kappa shape index (κ3) is 2.93. The van der Waals surface area contributed by atoms with Crippen LogP contribution in [-0.2, 0) is 6.42 Å². The van der Waals surface area contributed by atoms with Crippen LogP contribution in [-0.4, -0.2) is 37.6 Å². The van der Waals surface area contributed by atoms with E-state index in [4.69, 9.17) is 0 Å². The minimum absolute atomic E-state index is 0.375. The summed E-state index contributed by atoms with van der Waals surface area (Å²) < 4.78 is 0. The molecule has 1 heterocycles. The molecule has 1 saturated heterocycles. The third-order valence-electron chi connectivity index (χ3n) is 4.45. The molecule has 1 aliphatic heterocycles. The predicted octanol–water partition coefficient (Wildman–Crippen LogP) is 2.61. The minimum atomic E-state index is 0.375. The van der Waals surface area contributed by atoms with Gasteiger partial charge in [-0.05, 0) is 58.8 Å². The van der Waals surface area contributed by atoms with Crippen LogP contribution in [0.15, 0.2) is 24.3 Å². The van der Waals surface area contributed by atoms with Gasteiger partial charge in [0, 0.05) is 12.1 Å². The molecule has 1 aliphatic rings. The standard InChI is InChI=1S/C16H26N2/c1-14-5-7-15(8-6-14)9-11-16(13-17-2)10-4-12-18(16)3/h5-8,17H,4,9-13H2,1-3H3. The first-order chi connectivity index (χ1) is 8.66. The van der Waals surface area contributed by atoms with Crippen LogP contribution in [0.1, 0.15) is 30.4 Å². The van der Waals surface area contributed by atoms with Gasteiger partial charge in [-0.2, -0.15) is 0 Å². The smallest absolute Gasteiger partial charge is 0.0334 e. The number of rotatable bonds is 5. The molecule has 1 aromatic carbocycles. The highest BCUT2D eigenvalue weighted by Gasteiger charge is 2.37. The van der Waals surface area contributed by atoms with Crippen molar-refractivity contribution >= 4 is 0 Å². The highest BCUT2D eigenvalue weighted by molar-refractivity contribution is 5.21. The van der Waals surface area contributed by atoms with Gasteiger partial charge in [-0.15, -0.1) is 0 Å². The van der Waals surface area contributed by atoms with Gasteiger partial charge >= 0.3 is 0 Å². The molecule has 2 heteroatoms. The van der Waals surface area contributed by atoms with Crippen LogP contribution >= 0.6 is 0 Å². The normalized spacial score (nSPS) is 24.6. The van der Waals surface area contributed by atoms with Gasteiger partial charge in [0.25, 0.3) is 0 Å². The maximum Gasteiger partial charge on any atom is 0.0334 e. The number of nitrogens with one attached hydrogen (secondary N) is 1. The molecular formula is C16H26N2. The van der Waals surface area contributed by atoms with Crippen LogP contribution in [0.3, 0.4) is 0 Å². The Hall–Kier alpha value is -0.860. The van der Waals surface area contributed by atoms with Gasteiger partial charge in [-0.25, -0.2) is 0 Å². The van der Waals surface area contributed by atoms with E-state index in [-0.39, 0.29) is 0 Å². The summed E-state index contributed by atoms with van der Waals surface area (Å²) >= 11 is 0. The number of likely N-dealkylation sites (N-methyl/N-ethyl adjacent to an activating group) is 2. The highest BCUT2D eigenvalue weighted by atomic mass is 15.2. The first-order valence-electron chi connectivity index (χ1n) is 7.08. The fourth-order valence-electron chi connectivity index (χ4n) is 3.16. The van der Waals surface area contributed by atoms with E-state index in [1.807, 2.05) is 0 Å². The number of hydrogen-bond acceptors (Lipinski definition) is 2. The monoisotopic (exact) mass is 246 g/mol. The van der Waals surface area contributed by atoms with Crippen molar-refractivity contribution in [1.29, 1.82) is 0 Å². The third-order valence-corrected chi connectivity index (χ3v) is 4.45. The average Bonchev–Trinajstić information content (AvgIpc) is 2.71. The first-order valence-corrected chi connectivity index (χ1v) is 7.08. The molecule has 0 amide bonds. The van der Waals surface area contributed by atoms with E-state index < -0.39 is 0 Å². The van der Waals surface area contributed by atoms with Crippen molar-refractivity contribution in [1.82, 2.24) is 10.2 Å². The molecule has 1 aromatic rings. The van der Waals surface area contributed by atoms with Crippen molar-refractivity contribution in [2.75, 3.05) is 27.2 Å². The Bertz CT molecular complexity index is 371. The SMILES string of the molecule is CNCC1(CCc2ccc(C)cc2)CCCN1C. The molecule has 0 saturated carbocycles. The lowest BCUT2D eigenvalue weighted by molar-refractivity contribution is 0.159. The number of hydrogen-bond donors (Lipinski definition) is 1. The second-order valence-electron chi connectivity index (χ2n) is 5.77. The second-order valence-corrected chi connectivity index (χ2v) is 5.77. The zero-order valence-corrected chi connectivity index (χ0v) is 12.0. The van der Waals surface area contributed by atoms with Gasteiger partial charge in [0.2, 0.25) is 0 Å². The molecule has 1 unspecified atom stereocenters. The van der Waals surface area contributed by atoms with Crippen LogP contribution in [0.5, 0.6) is 0 Å². The van der Waals surface area contributed by atoms with E-state index in [0.29, 0.717) is 5.54 Å². The summed E-state index contributed by atoms with van der Waals surface area (Å²) in [5, 5.41) is 3.38. The van der Waals surface area contributed by atoms with Crippen LogP contribution < -0.4 is 5.32 Å². The van der Waals surface area contributed by atoms with Gasteiger partial charge in [-0.1, -0.05) is 29.8 Å². The Labute approximate surface area is 111 Å². The quantitative estimate of drug-likeness (QED) is 0.859. The highest BCUT2D eigenvalue weighted by Crippen LogP contribution is 2.31. The van der Waals surface area contributed by atoms with E-state index in [9.17, 15) is 0 Å². The molecule has 18 heavy (non-hydrogen) atoms. The number of benzene rings is 1. The first kappa shape index (κ1) is 13.6. The second kappa shape index (κ2) is 5.85. The number of nitrogens with zero attached hydrogens (tertiary/aromatic N) is 1. The molecular weight excluding hydrogens is 220 g/mol. The van der Waals surface area contributed by atoms with Gasteiger partial charge < -0.3 is 5.32 Å². The van der Waals surface area contributed by atoms with Crippen molar-refractivity contribution in [3.63, 3.8) is 0 Å². The summed E-state index contributed by atoms with van der Waals surface area (Å²) in [5.41, 5.74) is 3.19. The van der Waals surface area contributed by atoms with Crippen molar-refractivity contribution in [2.24, 2.45) is 0 Å². The molecule has 0 spiro atoms.